The Morgan fingerprint density at radius 3 is 2.24 bits per heavy atom. The summed E-state index contributed by atoms with van der Waals surface area (Å²) in [5, 5.41) is 0.494. The first-order valence-corrected chi connectivity index (χ1v) is 6.60. The van der Waals surface area contributed by atoms with E-state index in [1.807, 2.05) is 6.92 Å². The van der Waals surface area contributed by atoms with Crippen LogP contribution in [0, 0.1) is 6.92 Å². The summed E-state index contributed by atoms with van der Waals surface area (Å²) < 4.78 is 37.3. The minimum Gasteiger partial charge on any atom is -0.294 e. The average molecular weight is 313 g/mol. The summed E-state index contributed by atoms with van der Waals surface area (Å²) in [6.45, 7) is 1.83. The maximum atomic E-state index is 12.4. The normalized spacial score (nSPS) is 11.5. The van der Waals surface area contributed by atoms with Gasteiger partial charge in [0.2, 0.25) is 0 Å². The molecule has 5 heteroatoms. The van der Waals surface area contributed by atoms with E-state index in [0.717, 1.165) is 17.7 Å². The molecule has 110 valence electrons. The van der Waals surface area contributed by atoms with Gasteiger partial charge in [-0.1, -0.05) is 35.9 Å². The van der Waals surface area contributed by atoms with E-state index in [1.54, 1.807) is 18.2 Å². The summed E-state index contributed by atoms with van der Waals surface area (Å²) in [6, 6.07) is 9.56. The molecule has 0 spiro atoms. The molecule has 0 atom stereocenters. The molecule has 2 aromatic carbocycles. The number of alkyl halides is 3. The van der Waals surface area contributed by atoms with Crippen LogP contribution in [-0.4, -0.2) is 5.78 Å². The number of halogens is 4. The molecule has 0 aliphatic heterocycles. The van der Waals surface area contributed by atoms with Crippen molar-refractivity contribution in [1.82, 2.24) is 0 Å². The van der Waals surface area contributed by atoms with E-state index < -0.39 is 11.7 Å². The molecule has 21 heavy (non-hydrogen) atoms. The first-order chi connectivity index (χ1) is 9.77. The number of aryl methyl sites for hydroxylation is 1. The van der Waals surface area contributed by atoms with Gasteiger partial charge in [0.25, 0.3) is 0 Å². The summed E-state index contributed by atoms with van der Waals surface area (Å²) in [6.07, 6.45) is -4.33. The third-order valence-corrected chi connectivity index (χ3v) is 3.55. The Balaban J connectivity index is 2.14. The molecular formula is C16H12ClF3O. The summed E-state index contributed by atoms with van der Waals surface area (Å²) in [7, 11) is 0. The highest BCUT2D eigenvalue weighted by molar-refractivity contribution is 6.31. The Morgan fingerprint density at radius 2 is 1.71 bits per heavy atom. The molecule has 0 heterocycles. The monoisotopic (exact) mass is 312 g/mol. The molecule has 0 bridgehead atoms. The second kappa shape index (κ2) is 5.90. The van der Waals surface area contributed by atoms with Crippen LogP contribution in [0.2, 0.25) is 5.02 Å². The lowest BCUT2D eigenvalue weighted by atomic mass is 10.0. The van der Waals surface area contributed by atoms with Crippen LogP contribution in [-0.2, 0) is 12.6 Å². The molecule has 0 saturated heterocycles. The highest BCUT2D eigenvalue weighted by Gasteiger charge is 2.29. The summed E-state index contributed by atoms with van der Waals surface area (Å²) in [4.78, 5) is 12.1. The van der Waals surface area contributed by atoms with Crippen molar-refractivity contribution in [2.45, 2.75) is 19.5 Å². The zero-order valence-corrected chi connectivity index (χ0v) is 11.9. The van der Waals surface area contributed by atoms with E-state index in [2.05, 4.69) is 0 Å². The van der Waals surface area contributed by atoms with Crippen molar-refractivity contribution in [3.63, 3.8) is 0 Å². The van der Waals surface area contributed by atoms with Gasteiger partial charge in [-0.3, -0.25) is 4.79 Å². The summed E-state index contributed by atoms with van der Waals surface area (Å²) >= 11 is 5.95. The van der Waals surface area contributed by atoms with Crippen molar-refractivity contribution >= 4 is 17.4 Å². The molecule has 0 aliphatic carbocycles. The lowest BCUT2D eigenvalue weighted by Gasteiger charge is -2.08. The fourth-order valence-corrected chi connectivity index (χ4v) is 2.05. The zero-order chi connectivity index (χ0) is 15.6. The van der Waals surface area contributed by atoms with Gasteiger partial charge in [0.05, 0.1) is 5.56 Å². The smallest absolute Gasteiger partial charge is 0.294 e. The van der Waals surface area contributed by atoms with Crippen molar-refractivity contribution in [2.24, 2.45) is 0 Å². The SMILES string of the molecule is Cc1ccc(C(=O)Cc2ccc(C(F)(F)F)cc2)cc1Cl. The number of ketones is 1. The average Bonchev–Trinajstić information content (AvgIpc) is 2.41. The predicted octanol–water partition coefficient (Wildman–Crippen LogP) is 5.09. The minimum atomic E-state index is -4.37. The second-order valence-corrected chi connectivity index (χ2v) is 5.17. The number of hydrogen-bond acceptors (Lipinski definition) is 1. The number of hydrogen-bond donors (Lipinski definition) is 0. The van der Waals surface area contributed by atoms with Crippen LogP contribution in [0.15, 0.2) is 42.5 Å². The van der Waals surface area contributed by atoms with Crippen LogP contribution >= 0.6 is 11.6 Å². The summed E-state index contributed by atoms with van der Waals surface area (Å²) in [5.74, 6) is -0.184. The largest absolute Gasteiger partial charge is 0.416 e. The Kier molecular flexibility index (Phi) is 4.37. The molecule has 2 rings (SSSR count). The Labute approximate surface area is 125 Å². The van der Waals surface area contributed by atoms with Crippen molar-refractivity contribution in [1.29, 1.82) is 0 Å². The van der Waals surface area contributed by atoms with Crippen molar-refractivity contribution in [2.75, 3.05) is 0 Å². The van der Waals surface area contributed by atoms with Gasteiger partial charge in [0, 0.05) is 17.0 Å². The lowest BCUT2D eigenvalue weighted by Crippen LogP contribution is -2.06. The molecule has 0 aromatic heterocycles. The van der Waals surface area contributed by atoms with Crippen LogP contribution in [0.3, 0.4) is 0 Å². The van der Waals surface area contributed by atoms with Gasteiger partial charge in [-0.05, 0) is 36.2 Å². The zero-order valence-electron chi connectivity index (χ0n) is 11.2. The third-order valence-electron chi connectivity index (χ3n) is 3.14. The number of benzene rings is 2. The standard InChI is InChI=1S/C16H12ClF3O/c1-10-2-5-12(9-14(10)17)15(21)8-11-3-6-13(7-4-11)16(18,19)20/h2-7,9H,8H2,1H3. The highest BCUT2D eigenvalue weighted by atomic mass is 35.5. The first kappa shape index (κ1) is 15.6. The van der Waals surface area contributed by atoms with E-state index in [4.69, 9.17) is 11.6 Å². The second-order valence-electron chi connectivity index (χ2n) is 4.76. The maximum Gasteiger partial charge on any atom is 0.416 e. The van der Waals surface area contributed by atoms with E-state index >= 15 is 0 Å². The molecule has 0 radical (unpaired) electrons. The third kappa shape index (κ3) is 3.85. The number of carbonyl (C=O) groups excluding carboxylic acids is 1. The summed E-state index contributed by atoms with van der Waals surface area (Å²) in [5.41, 5.74) is 1.12. The van der Waals surface area contributed by atoms with E-state index in [9.17, 15) is 18.0 Å². The van der Waals surface area contributed by atoms with Gasteiger partial charge >= 0.3 is 6.18 Å². The lowest BCUT2D eigenvalue weighted by molar-refractivity contribution is -0.137. The van der Waals surface area contributed by atoms with Gasteiger partial charge < -0.3 is 0 Å². The Bertz CT molecular complexity index is 660. The van der Waals surface area contributed by atoms with E-state index in [1.165, 1.54) is 12.1 Å². The first-order valence-electron chi connectivity index (χ1n) is 6.23. The molecule has 0 saturated carbocycles. The van der Waals surface area contributed by atoms with Crippen molar-refractivity contribution in [3.8, 4) is 0 Å². The quantitative estimate of drug-likeness (QED) is 0.721. The Hall–Kier alpha value is -1.81. The van der Waals surface area contributed by atoms with Crippen molar-refractivity contribution < 1.29 is 18.0 Å². The molecule has 0 unspecified atom stereocenters. The maximum absolute atomic E-state index is 12.4. The van der Waals surface area contributed by atoms with Gasteiger partial charge in [-0.15, -0.1) is 0 Å². The molecule has 1 nitrogen and oxygen atoms in total. The molecule has 0 aliphatic rings. The van der Waals surface area contributed by atoms with Gasteiger partial charge in [0.1, 0.15) is 0 Å². The topological polar surface area (TPSA) is 17.1 Å². The molecule has 0 N–H and O–H groups in total. The molecule has 0 amide bonds. The predicted molar refractivity (Wildman–Crippen MR) is 75.7 cm³/mol. The number of carbonyl (C=O) groups is 1. The van der Waals surface area contributed by atoms with Crippen LogP contribution in [0.1, 0.15) is 27.0 Å². The highest BCUT2D eigenvalue weighted by Crippen LogP contribution is 2.29. The fourth-order valence-electron chi connectivity index (χ4n) is 1.87. The fraction of sp³-hybridized carbons (Fsp3) is 0.188. The van der Waals surface area contributed by atoms with Crippen LogP contribution in [0.4, 0.5) is 13.2 Å². The molecule has 0 fully saturated rings. The number of rotatable bonds is 3. The van der Waals surface area contributed by atoms with Gasteiger partial charge in [0.15, 0.2) is 5.78 Å². The van der Waals surface area contributed by atoms with Gasteiger partial charge in [-0.25, -0.2) is 0 Å². The van der Waals surface area contributed by atoms with E-state index in [-0.39, 0.29) is 12.2 Å². The Morgan fingerprint density at radius 1 is 1.10 bits per heavy atom. The minimum absolute atomic E-state index is 0.0392. The van der Waals surface area contributed by atoms with Crippen LogP contribution in [0.5, 0.6) is 0 Å². The molecular weight excluding hydrogens is 301 g/mol. The van der Waals surface area contributed by atoms with Gasteiger partial charge in [-0.2, -0.15) is 13.2 Å². The molecule has 2 aromatic rings. The van der Waals surface area contributed by atoms with Crippen LogP contribution < -0.4 is 0 Å². The number of Topliss-reactive ketones (excluding diaryl/α,β-unsaturated/α-hetero) is 1. The van der Waals surface area contributed by atoms with Crippen molar-refractivity contribution in [3.05, 3.63) is 69.7 Å². The van der Waals surface area contributed by atoms with Crippen LogP contribution in [0.25, 0.3) is 0 Å². The van der Waals surface area contributed by atoms with E-state index in [0.29, 0.717) is 16.1 Å².